The number of aromatic nitrogens is 4. The van der Waals surface area contributed by atoms with Crippen LogP contribution in [0.2, 0.25) is 0 Å². The van der Waals surface area contributed by atoms with Gasteiger partial charge in [0.2, 0.25) is 0 Å². The molecule has 2 aromatic heterocycles. The van der Waals surface area contributed by atoms with E-state index in [1.807, 2.05) is 62.4 Å². The second-order valence-electron chi connectivity index (χ2n) is 6.25. The van der Waals surface area contributed by atoms with Crippen LogP contribution in [0, 0.1) is 13.8 Å². The number of carbonyl (C=O) groups is 1. The molecule has 0 saturated carbocycles. The van der Waals surface area contributed by atoms with Crippen LogP contribution in [0.4, 0.5) is 5.69 Å². The van der Waals surface area contributed by atoms with Gasteiger partial charge in [-0.1, -0.05) is 45.8 Å². The highest BCUT2D eigenvalue weighted by molar-refractivity contribution is 9.10. The zero-order valence-electron chi connectivity index (χ0n) is 14.8. The Morgan fingerprint density at radius 3 is 2.41 bits per heavy atom. The molecule has 0 spiro atoms. The summed E-state index contributed by atoms with van der Waals surface area (Å²) in [6.45, 7) is 3.81. The second kappa shape index (κ2) is 6.92. The molecule has 4 aromatic rings. The van der Waals surface area contributed by atoms with E-state index < -0.39 is 0 Å². The van der Waals surface area contributed by atoms with Crippen molar-refractivity contribution in [3.8, 4) is 11.1 Å². The third-order valence-corrected chi connectivity index (χ3v) is 4.86. The fourth-order valence-electron chi connectivity index (χ4n) is 2.82. The van der Waals surface area contributed by atoms with Crippen molar-refractivity contribution in [2.45, 2.75) is 13.8 Å². The van der Waals surface area contributed by atoms with Crippen LogP contribution in [-0.4, -0.2) is 25.7 Å². The summed E-state index contributed by atoms with van der Waals surface area (Å²) in [6, 6.07) is 15.5. The molecule has 0 aliphatic rings. The molecule has 6 nitrogen and oxygen atoms in total. The summed E-state index contributed by atoms with van der Waals surface area (Å²) in [5.74, 6) is -0.313. The van der Waals surface area contributed by atoms with Gasteiger partial charge in [-0.25, -0.2) is 4.52 Å². The molecule has 0 aliphatic carbocycles. The molecule has 2 heterocycles. The molecule has 0 atom stereocenters. The van der Waals surface area contributed by atoms with E-state index in [4.69, 9.17) is 0 Å². The number of nitrogens with one attached hydrogen (secondary N) is 1. The molecule has 0 unspecified atom stereocenters. The molecule has 0 saturated heterocycles. The van der Waals surface area contributed by atoms with Crippen LogP contribution < -0.4 is 5.32 Å². The molecule has 0 fully saturated rings. The Morgan fingerprint density at radius 1 is 1.00 bits per heavy atom. The van der Waals surface area contributed by atoms with Gasteiger partial charge < -0.3 is 5.32 Å². The third kappa shape index (κ3) is 3.33. The first-order valence-corrected chi connectivity index (χ1v) is 9.17. The van der Waals surface area contributed by atoms with Crippen molar-refractivity contribution in [1.82, 2.24) is 19.8 Å². The lowest BCUT2D eigenvalue weighted by molar-refractivity contribution is 0.102. The second-order valence-corrected chi connectivity index (χ2v) is 7.17. The fraction of sp³-hybridized carbons (Fsp3) is 0.100. The molecule has 0 bridgehead atoms. The van der Waals surface area contributed by atoms with Crippen molar-refractivity contribution in [1.29, 1.82) is 0 Å². The SMILES string of the molecule is Cc1ccc(NC(=O)c2nnc3c(-c4ccc(Br)cc4)cnn3c2C)cc1. The van der Waals surface area contributed by atoms with Gasteiger partial charge in [-0.3, -0.25) is 4.79 Å². The topological polar surface area (TPSA) is 72.2 Å². The Hall–Kier alpha value is -3.06. The molecule has 4 rings (SSSR count). The first-order chi connectivity index (χ1) is 13.0. The maximum absolute atomic E-state index is 12.6. The van der Waals surface area contributed by atoms with Gasteiger partial charge in [0.25, 0.3) is 5.91 Å². The van der Waals surface area contributed by atoms with Gasteiger partial charge in [-0.05, 0) is 43.7 Å². The average Bonchev–Trinajstić information content (AvgIpc) is 3.09. The number of hydrogen-bond acceptors (Lipinski definition) is 4. The summed E-state index contributed by atoms with van der Waals surface area (Å²) in [6.07, 6.45) is 1.74. The number of nitrogens with zero attached hydrogens (tertiary/aromatic N) is 4. The molecule has 7 heteroatoms. The zero-order valence-corrected chi connectivity index (χ0v) is 16.4. The number of carbonyl (C=O) groups excluding carboxylic acids is 1. The number of rotatable bonds is 3. The van der Waals surface area contributed by atoms with Gasteiger partial charge >= 0.3 is 0 Å². The van der Waals surface area contributed by atoms with Crippen LogP contribution in [0.25, 0.3) is 16.8 Å². The largest absolute Gasteiger partial charge is 0.321 e. The zero-order chi connectivity index (χ0) is 19.0. The minimum atomic E-state index is -0.313. The summed E-state index contributed by atoms with van der Waals surface area (Å²) in [5, 5.41) is 15.7. The van der Waals surface area contributed by atoms with Crippen LogP contribution >= 0.6 is 15.9 Å². The standard InChI is InChI=1S/C20H16BrN5O/c1-12-3-9-16(10-4-12)23-20(27)18-13(2)26-19(25-24-18)17(11-22-26)14-5-7-15(21)8-6-14/h3-11H,1-2H3,(H,23,27). The lowest BCUT2D eigenvalue weighted by atomic mass is 10.1. The average molecular weight is 422 g/mol. The monoisotopic (exact) mass is 421 g/mol. The molecular formula is C20H16BrN5O. The Balaban J connectivity index is 1.69. The van der Waals surface area contributed by atoms with Gasteiger partial charge in [0, 0.05) is 15.7 Å². The lowest BCUT2D eigenvalue weighted by Gasteiger charge is -2.08. The van der Waals surface area contributed by atoms with Crippen molar-refractivity contribution in [2.75, 3.05) is 5.32 Å². The number of benzene rings is 2. The van der Waals surface area contributed by atoms with E-state index >= 15 is 0 Å². The normalized spacial score (nSPS) is 10.9. The predicted molar refractivity (Wildman–Crippen MR) is 108 cm³/mol. The van der Waals surface area contributed by atoms with Crippen LogP contribution in [0.15, 0.2) is 59.2 Å². The maximum Gasteiger partial charge on any atom is 0.278 e. The highest BCUT2D eigenvalue weighted by Crippen LogP contribution is 2.25. The molecular weight excluding hydrogens is 406 g/mol. The van der Waals surface area contributed by atoms with Gasteiger partial charge in [0.05, 0.1) is 11.9 Å². The number of amides is 1. The number of hydrogen-bond donors (Lipinski definition) is 1. The number of halogens is 1. The fourth-order valence-corrected chi connectivity index (χ4v) is 3.09. The first kappa shape index (κ1) is 17.4. The minimum Gasteiger partial charge on any atom is -0.321 e. The van der Waals surface area contributed by atoms with Gasteiger partial charge in [-0.15, -0.1) is 10.2 Å². The summed E-state index contributed by atoms with van der Waals surface area (Å²) >= 11 is 3.43. The highest BCUT2D eigenvalue weighted by Gasteiger charge is 2.18. The molecule has 27 heavy (non-hydrogen) atoms. The summed E-state index contributed by atoms with van der Waals surface area (Å²) in [7, 11) is 0. The number of aryl methyl sites for hydroxylation is 2. The Kier molecular flexibility index (Phi) is 4.45. The van der Waals surface area contributed by atoms with Gasteiger partial charge in [-0.2, -0.15) is 5.10 Å². The van der Waals surface area contributed by atoms with E-state index in [-0.39, 0.29) is 11.6 Å². The number of fused-ring (bicyclic) bond motifs is 1. The maximum atomic E-state index is 12.6. The van der Waals surface area contributed by atoms with Gasteiger partial charge in [0.15, 0.2) is 11.3 Å². The van der Waals surface area contributed by atoms with E-state index in [2.05, 4.69) is 36.5 Å². The molecule has 0 aliphatic heterocycles. The first-order valence-electron chi connectivity index (χ1n) is 8.38. The van der Waals surface area contributed by atoms with Crippen molar-refractivity contribution >= 4 is 33.2 Å². The van der Waals surface area contributed by atoms with E-state index in [9.17, 15) is 4.79 Å². The van der Waals surface area contributed by atoms with Gasteiger partial charge in [0.1, 0.15) is 0 Å². The minimum absolute atomic E-state index is 0.244. The quantitative estimate of drug-likeness (QED) is 0.531. The van der Waals surface area contributed by atoms with Crippen LogP contribution in [0.5, 0.6) is 0 Å². The predicted octanol–water partition coefficient (Wildman–Crippen LogP) is 4.42. The van der Waals surface area contributed by atoms with E-state index in [1.54, 1.807) is 10.7 Å². The highest BCUT2D eigenvalue weighted by atomic mass is 79.9. The molecule has 1 N–H and O–H groups in total. The van der Waals surface area contributed by atoms with E-state index in [0.717, 1.165) is 21.2 Å². The summed E-state index contributed by atoms with van der Waals surface area (Å²) in [5.41, 5.74) is 5.18. The Bertz CT molecular complexity index is 1130. The van der Waals surface area contributed by atoms with Crippen molar-refractivity contribution in [2.24, 2.45) is 0 Å². The molecule has 2 aromatic carbocycles. The van der Waals surface area contributed by atoms with E-state index in [0.29, 0.717) is 17.0 Å². The molecule has 0 radical (unpaired) electrons. The third-order valence-electron chi connectivity index (χ3n) is 4.33. The van der Waals surface area contributed by atoms with E-state index in [1.165, 1.54) is 0 Å². The number of anilines is 1. The van der Waals surface area contributed by atoms with Crippen LogP contribution in [0.1, 0.15) is 21.7 Å². The smallest absolute Gasteiger partial charge is 0.278 e. The summed E-state index contributed by atoms with van der Waals surface area (Å²) < 4.78 is 2.65. The Labute approximate surface area is 164 Å². The molecule has 134 valence electrons. The van der Waals surface area contributed by atoms with Crippen molar-refractivity contribution < 1.29 is 4.79 Å². The Morgan fingerprint density at radius 2 is 1.70 bits per heavy atom. The van der Waals surface area contributed by atoms with Crippen molar-refractivity contribution in [3.05, 3.63) is 76.2 Å². The molecule has 1 amide bonds. The lowest BCUT2D eigenvalue weighted by Crippen LogP contribution is -2.18. The van der Waals surface area contributed by atoms with Crippen molar-refractivity contribution in [3.63, 3.8) is 0 Å². The van der Waals surface area contributed by atoms with Crippen LogP contribution in [0.3, 0.4) is 0 Å². The van der Waals surface area contributed by atoms with Crippen LogP contribution in [-0.2, 0) is 0 Å². The summed E-state index contributed by atoms with van der Waals surface area (Å²) in [4.78, 5) is 12.6.